The van der Waals surface area contributed by atoms with Crippen molar-refractivity contribution in [3.8, 4) is 0 Å². The lowest BCUT2D eigenvalue weighted by atomic mass is 10.3. The van der Waals surface area contributed by atoms with Crippen LogP contribution in [0, 0.1) is 5.92 Å². The Kier molecular flexibility index (Phi) is 2.93. The van der Waals surface area contributed by atoms with Crippen molar-refractivity contribution in [2.24, 2.45) is 5.92 Å². The summed E-state index contributed by atoms with van der Waals surface area (Å²) in [5.74, 6) is 0.141. The minimum atomic E-state index is -0.234. The lowest BCUT2D eigenvalue weighted by Gasteiger charge is -2.12. The molecule has 2 aliphatic rings. The van der Waals surface area contributed by atoms with Gasteiger partial charge in [0.1, 0.15) is 5.25 Å². The number of H-pyrrole nitrogens is 1. The first-order chi connectivity index (χ1) is 8.70. The number of carbonyl (C=O) groups is 1. The van der Waals surface area contributed by atoms with Gasteiger partial charge in [-0.05, 0) is 31.6 Å². The smallest absolute Gasteiger partial charge is 0.344 e. The molecule has 2 fully saturated rings. The standard InChI is InChI=1S/C11H15N3O3S/c1-17-9(15)8(6-2-3-6)18-11-13-12-10(16)14(11)7-4-5-7/h6-8H,2-5H2,1H3,(H,12,16). The molecular formula is C11H15N3O3S. The van der Waals surface area contributed by atoms with Gasteiger partial charge in [0.05, 0.1) is 7.11 Å². The minimum absolute atomic E-state index is 0.181. The Balaban J connectivity index is 1.82. The number of hydrogen-bond donors (Lipinski definition) is 1. The van der Waals surface area contributed by atoms with Crippen LogP contribution >= 0.6 is 11.8 Å². The molecule has 1 heterocycles. The number of esters is 1. The highest BCUT2D eigenvalue weighted by atomic mass is 32.2. The van der Waals surface area contributed by atoms with Crippen LogP contribution < -0.4 is 5.69 Å². The van der Waals surface area contributed by atoms with Crippen LogP contribution in [0.15, 0.2) is 9.95 Å². The molecule has 2 saturated carbocycles. The number of nitrogens with one attached hydrogen (secondary N) is 1. The summed E-state index contributed by atoms with van der Waals surface area (Å²) in [5.41, 5.74) is -0.181. The Bertz CT molecular complexity index is 516. The summed E-state index contributed by atoms with van der Waals surface area (Å²) in [4.78, 5) is 23.4. The zero-order valence-corrected chi connectivity index (χ0v) is 10.9. The first kappa shape index (κ1) is 11.8. The maximum Gasteiger partial charge on any atom is 0.344 e. The van der Waals surface area contributed by atoms with E-state index in [-0.39, 0.29) is 23.0 Å². The minimum Gasteiger partial charge on any atom is -0.468 e. The first-order valence-corrected chi connectivity index (χ1v) is 7.00. The molecule has 1 atom stereocenters. The van der Waals surface area contributed by atoms with Gasteiger partial charge >= 0.3 is 11.7 Å². The number of aromatic nitrogens is 3. The van der Waals surface area contributed by atoms with E-state index in [9.17, 15) is 9.59 Å². The third-order valence-electron chi connectivity index (χ3n) is 3.30. The summed E-state index contributed by atoms with van der Waals surface area (Å²) in [6.45, 7) is 0. The lowest BCUT2D eigenvalue weighted by molar-refractivity contribution is -0.140. The number of thioether (sulfide) groups is 1. The molecule has 1 aromatic heterocycles. The zero-order chi connectivity index (χ0) is 12.7. The molecule has 2 aliphatic carbocycles. The highest BCUT2D eigenvalue weighted by Crippen LogP contribution is 2.43. The molecule has 3 rings (SSSR count). The van der Waals surface area contributed by atoms with Crippen molar-refractivity contribution in [1.29, 1.82) is 0 Å². The summed E-state index contributed by atoms with van der Waals surface area (Å²) in [6, 6.07) is 0.260. The van der Waals surface area contributed by atoms with E-state index in [0.29, 0.717) is 11.1 Å². The van der Waals surface area contributed by atoms with Crippen molar-refractivity contribution < 1.29 is 9.53 Å². The van der Waals surface area contributed by atoms with Gasteiger partial charge in [-0.15, -0.1) is 5.10 Å². The molecule has 0 bridgehead atoms. The molecule has 1 N–H and O–H groups in total. The zero-order valence-electron chi connectivity index (χ0n) is 10.1. The Morgan fingerprint density at radius 3 is 2.78 bits per heavy atom. The highest BCUT2D eigenvalue weighted by Gasteiger charge is 2.40. The first-order valence-electron chi connectivity index (χ1n) is 6.12. The van der Waals surface area contributed by atoms with Crippen LogP contribution in [-0.2, 0) is 9.53 Å². The van der Waals surface area contributed by atoms with Crippen LogP contribution in [-0.4, -0.2) is 33.1 Å². The quantitative estimate of drug-likeness (QED) is 0.636. The van der Waals surface area contributed by atoms with Crippen molar-refractivity contribution in [1.82, 2.24) is 14.8 Å². The van der Waals surface area contributed by atoms with E-state index in [1.54, 1.807) is 4.57 Å². The highest BCUT2D eigenvalue weighted by molar-refractivity contribution is 8.00. The third kappa shape index (κ3) is 2.19. The molecule has 0 radical (unpaired) electrons. The maximum atomic E-state index is 11.7. The van der Waals surface area contributed by atoms with E-state index >= 15 is 0 Å². The number of aromatic amines is 1. The normalized spacial score (nSPS) is 20.7. The molecule has 0 aromatic carbocycles. The van der Waals surface area contributed by atoms with Gasteiger partial charge in [0.15, 0.2) is 5.16 Å². The van der Waals surface area contributed by atoms with Crippen molar-refractivity contribution >= 4 is 17.7 Å². The predicted octanol–water partition coefficient (Wildman–Crippen LogP) is 0.950. The topological polar surface area (TPSA) is 77.0 Å². The third-order valence-corrected chi connectivity index (χ3v) is 4.63. The summed E-state index contributed by atoms with van der Waals surface area (Å²) >= 11 is 1.35. The van der Waals surface area contributed by atoms with E-state index in [0.717, 1.165) is 25.7 Å². The van der Waals surface area contributed by atoms with Crippen LogP contribution in [0.25, 0.3) is 0 Å². The lowest BCUT2D eigenvalue weighted by Crippen LogP contribution is -2.23. The molecule has 0 spiro atoms. The van der Waals surface area contributed by atoms with Crippen LogP contribution in [0.4, 0.5) is 0 Å². The number of nitrogens with zero attached hydrogens (tertiary/aromatic N) is 2. The van der Waals surface area contributed by atoms with Gasteiger partial charge in [0, 0.05) is 6.04 Å². The van der Waals surface area contributed by atoms with Gasteiger partial charge in [-0.3, -0.25) is 9.36 Å². The Labute approximate surface area is 108 Å². The van der Waals surface area contributed by atoms with Gasteiger partial charge in [-0.2, -0.15) is 0 Å². The van der Waals surface area contributed by atoms with Gasteiger partial charge in [0.25, 0.3) is 0 Å². The van der Waals surface area contributed by atoms with Crippen molar-refractivity contribution in [3.05, 3.63) is 10.5 Å². The van der Waals surface area contributed by atoms with Crippen LogP contribution in [0.1, 0.15) is 31.7 Å². The average Bonchev–Trinajstić information content (AvgIpc) is 3.25. The van der Waals surface area contributed by atoms with Crippen molar-refractivity contribution in [3.63, 3.8) is 0 Å². The Hall–Kier alpha value is -1.24. The maximum absolute atomic E-state index is 11.7. The number of carbonyl (C=O) groups excluding carboxylic acids is 1. The van der Waals surface area contributed by atoms with Gasteiger partial charge in [0.2, 0.25) is 0 Å². The molecular weight excluding hydrogens is 254 g/mol. The molecule has 18 heavy (non-hydrogen) atoms. The number of hydrogen-bond acceptors (Lipinski definition) is 5. The van der Waals surface area contributed by atoms with Gasteiger partial charge in [-0.1, -0.05) is 11.8 Å². The van der Waals surface area contributed by atoms with Crippen LogP contribution in [0.2, 0.25) is 0 Å². The molecule has 0 aliphatic heterocycles. The molecule has 6 nitrogen and oxygen atoms in total. The SMILES string of the molecule is COC(=O)C(Sc1n[nH]c(=O)n1C1CC1)C1CC1. The summed E-state index contributed by atoms with van der Waals surface area (Å²) in [6.07, 6.45) is 4.12. The van der Waals surface area contributed by atoms with E-state index in [1.165, 1.54) is 18.9 Å². The number of ether oxygens (including phenoxy) is 1. The molecule has 0 saturated heterocycles. The average molecular weight is 269 g/mol. The van der Waals surface area contributed by atoms with Crippen molar-refractivity contribution in [2.75, 3.05) is 7.11 Å². The number of methoxy groups -OCH3 is 1. The van der Waals surface area contributed by atoms with E-state index in [1.807, 2.05) is 0 Å². The van der Waals surface area contributed by atoms with Gasteiger partial charge in [-0.25, -0.2) is 9.89 Å². The molecule has 1 unspecified atom stereocenters. The summed E-state index contributed by atoms with van der Waals surface area (Å²) in [5, 5.41) is 6.87. The fourth-order valence-corrected chi connectivity index (χ4v) is 3.32. The second-order valence-electron chi connectivity index (χ2n) is 4.81. The Morgan fingerprint density at radius 1 is 1.50 bits per heavy atom. The second-order valence-corrected chi connectivity index (χ2v) is 5.92. The fraction of sp³-hybridized carbons (Fsp3) is 0.727. The van der Waals surface area contributed by atoms with Crippen LogP contribution in [0.5, 0.6) is 0 Å². The van der Waals surface area contributed by atoms with E-state index < -0.39 is 0 Å². The summed E-state index contributed by atoms with van der Waals surface area (Å²) < 4.78 is 6.49. The van der Waals surface area contributed by atoms with Crippen LogP contribution in [0.3, 0.4) is 0 Å². The number of rotatable bonds is 5. The molecule has 98 valence electrons. The van der Waals surface area contributed by atoms with E-state index in [2.05, 4.69) is 10.2 Å². The summed E-state index contributed by atoms with van der Waals surface area (Å²) in [7, 11) is 1.40. The predicted molar refractivity (Wildman–Crippen MR) is 65.5 cm³/mol. The van der Waals surface area contributed by atoms with E-state index in [4.69, 9.17) is 4.74 Å². The Morgan fingerprint density at radius 2 is 2.22 bits per heavy atom. The fourth-order valence-electron chi connectivity index (χ4n) is 1.99. The monoisotopic (exact) mass is 269 g/mol. The molecule has 1 aromatic rings. The largest absolute Gasteiger partial charge is 0.468 e. The van der Waals surface area contributed by atoms with Crippen molar-refractivity contribution in [2.45, 2.75) is 42.1 Å². The molecule has 0 amide bonds. The van der Waals surface area contributed by atoms with Gasteiger partial charge < -0.3 is 4.74 Å². The molecule has 7 heteroatoms. The second kappa shape index (κ2) is 4.46.